The maximum atomic E-state index is 13.3. The van der Waals surface area contributed by atoms with Gasteiger partial charge in [0.15, 0.2) is 5.78 Å². The number of Topliss-reactive ketones (excluding diaryl/α,β-unsaturated/α-hetero) is 1. The van der Waals surface area contributed by atoms with Gasteiger partial charge in [0, 0.05) is 24.2 Å². The lowest BCUT2D eigenvalue weighted by atomic mass is 9.90. The molecule has 0 aromatic heterocycles. The van der Waals surface area contributed by atoms with Gasteiger partial charge in [-0.05, 0) is 60.0 Å². The van der Waals surface area contributed by atoms with E-state index in [2.05, 4.69) is 5.32 Å². The van der Waals surface area contributed by atoms with Crippen LogP contribution in [0.3, 0.4) is 0 Å². The van der Waals surface area contributed by atoms with Crippen LogP contribution in [0.1, 0.15) is 35.7 Å². The normalized spacial score (nSPS) is 20.6. The van der Waals surface area contributed by atoms with Gasteiger partial charge in [0.25, 0.3) is 5.91 Å². The number of hydrogen-bond acceptors (Lipinski definition) is 4. The van der Waals surface area contributed by atoms with Crippen LogP contribution in [0.2, 0.25) is 0 Å². The van der Waals surface area contributed by atoms with Crippen molar-refractivity contribution in [2.75, 3.05) is 18.0 Å². The molecule has 2 aliphatic rings. The molecule has 0 aliphatic carbocycles. The minimum Gasteiger partial charge on any atom is -0.319 e. The number of rotatable bonds is 5. The summed E-state index contributed by atoms with van der Waals surface area (Å²) in [6.45, 7) is 1.97. The van der Waals surface area contributed by atoms with E-state index in [-0.39, 0.29) is 18.2 Å². The topological polar surface area (TPSA) is 86.8 Å². The van der Waals surface area contributed by atoms with E-state index in [1.165, 1.54) is 0 Å². The molecule has 7 nitrogen and oxygen atoms in total. The average molecular weight is 441 g/mol. The Kier molecular flexibility index (Phi) is 4.96. The molecule has 0 saturated carbocycles. The van der Waals surface area contributed by atoms with Gasteiger partial charge in [0.2, 0.25) is 5.91 Å². The smallest absolute Gasteiger partial charge is 0.319 e. The fraction of sp³-hybridized carbons (Fsp3) is 0.231. The molecule has 1 atom stereocenters. The van der Waals surface area contributed by atoms with Crippen LogP contribution in [0.25, 0.3) is 10.8 Å². The van der Waals surface area contributed by atoms with E-state index in [1.54, 1.807) is 36.1 Å². The summed E-state index contributed by atoms with van der Waals surface area (Å²) in [6.07, 6.45) is 1.35. The second-order valence-corrected chi connectivity index (χ2v) is 8.63. The lowest BCUT2D eigenvalue weighted by Crippen LogP contribution is -2.41. The minimum atomic E-state index is -1.25. The second-order valence-electron chi connectivity index (χ2n) is 8.63. The Hall–Kier alpha value is -4.00. The van der Waals surface area contributed by atoms with Crippen molar-refractivity contribution in [3.05, 3.63) is 77.9 Å². The lowest BCUT2D eigenvalue weighted by molar-refractivity contribution is -0.130. The number of nitrogens with one attached hydrogen (secondary N) is 1. The van der Waals surface area contributed by atoms with Gasteiger partial charge in [-0.15, -0.1) is 0 Å². The monoisotopic (exact) mass is 441 g/mol. The Bertz CT molecular complexity index is 1300. The summed E-state index contributed by atoms with van der Waals surface area (Å²) in [5, 5.41) is 4.76. The van der Waals surface area contributed by atoms with Crippen molar-refractivity contribution >= 4 is 40.1 Å². The SMILES string of the molecule is C[C@@]1(c2ccc3ccccc3c2)NC(=O)N(CC(=O)c2ccc(N3CCCC3=O)cc2)C1=O. The molecule has 2 saturated heterocycles. The number of ketones is 1. The van der Waals surface area contributed by atoms with Crippen molar-refractivity contribution in [3.63, 3.8) is 0 Å². The number of nitrogens with zero attached hydrogens (tertiary/aromatic N) is 2. The molecule has 2 aliphatic heterocycles. The van der Waals surface area contributed by atoms with Crippen LogP contribution in [0, 0.1) is 0 Å². The minimum absolute atomic E-state index is 0.0707. The summed E-state index contributed by atoms with van der Waals surface area (Å²) in [5.74, 6) is -0.739. The molecule has 3 aromatic rings. The molecule has 0 bridgehead atoms. The van der Waals surface area contributed by atoms with E-state index in [0.29, 0.717) is 24.1 Å². The van der Waals surface area contributed by atoms with Gasteiger partial charge >= 0.3 is 6.03 Å². The Balaban J connectivity index is 1.34. The first-order chi connectivity index (χ1) is 15.9. The number of amides is 4. The molecule has 2 fully saturated rings. The molecule has 166 valence electrons. The summed E-state index contributed by atoms with van der Waals surface area (Å²) in [7, 11) is 0. The molecule has 7 heteroatoms. The third kappa shape index (κ3) is 3.55. The molecular formula is C26H23N3O4. The van der Waals surface area contributed by atoms with Crippen LogP contribution in [-0.2, 0) is 15.1 Å². The van der Waals surface area contributed by atoms with Gasteiger partial charge in [0.05, 0.1) is 6.54 Å². The van der Waals surface area contributed by atoms with Gasteiger partial charge in [-0.25, -0.2) is 4.79 Å². The zero-order valence-electron chi connectivity index (χ0n) is 18.2. The molecule has 1 N–H and O–H groups in total. The zero-order chi connectivity index (χ0) is 23.2. The molecule has 5 rings (SSSR count). The van der Waals surface area contributed by atoms with Gasteiger partial charge < -0.3 is 10.2 Å². The second kappa shape index (κ2) is 7.85. The van der Waals surface area contributed by atoms with Crippen LogP contribution in [0.5, 0.6) is 0 Å². The zero-order valence-corrected chi connectivity index (χ0v) is 18.2. The Morgan fingerprint density at radius 1 is 0.970 bits per heavy atom. The van der Waals surface area contributed by atoms with E-state index in [4.69, 9.17) is 0 Å². The Morgan fingerprint density at radius 3 is 2.39 bits per heavy atom. The summed E-state index contributed by atoms with van der Waals surface area (Å²) < 4.78 is 0. The van der Waals surface area contributed by atoms with Crippen molar-refractivity contribution in [2.24, 2.45) is 0 Å². The third-order valence-corrected chi connectivity index (χ3v) is 6.48. The summed E-state index contributed by atoms with van der Waals surface area (Å²) >= 11 is 0. The van der Waals surface area contributed by atoms with Crippen molar-refractivity contribution in [2.45, 2.75) is 25.3 Å². The average Bonchev–Trinajstić information content (AvgIpc) is 3.35. The largest absolute Gasteiger partial charge is 0.325 e. The number of imide groups is 1. The van der Waals surface area contributed by atoms with E-state index < -0.39 is 17.5 Å². The highest BCUT2D eigenvalue weighted by Crippen LogP contribution is 2.31. The quantitative estimate of drug-likeness (QED) is 0.484. The predicted molar refractivity (Wildman–Crippen MR) is 124 cm³/mol. The molecule has 0 spiro atoms. The van der Waals surface area contributed by atoms with Crippen LogP contribution in [0.4, 0.5) is 10.5 Å². The number of anilines is 1. The van der Waals surface area contributed by atoms with Crippen LogP contribution >= 0.6 is 0 Å². The molecule has 2 heterocycles. The van der Waals surface area contributed by atoms with Gasteiger partial charge in [-0.2, -0.15) is 0 Å². The van der Waals surface area contributed by atoms with E-state index in [1.807, 2.05) is 42.5 Å². The summed E-state index contributed by atoms with van der Waals surface area (Å²) in [5.41, 5.74) is 0.536. The first-order valence-corrected chi connectivity index (χ1v) is 10.9. The number of benzene rings is 3. The highest BCUT2D eigenvalue weighted by molar-refractivity contribution is 6.11. The molecule has 3 aromatic carbocycles. The third-order valence-electron chi connectivity index (χ3n) is 6.48. The number of fused-ring (bicyclic) bond motifs is 1. The predicted octanol–water partition coefficient (Wildman–Crippen LogP) is 3.62. The van der Waals surface area contributed by atoms with Crippen molar-refractivity contribution < 1.29 is 19.2 Å². The van der Waals surface area contributed by atoms with Crippen molar-refractivity contribution in [1.29, 1.82) is 0 Å². The van der Waals surface area contributed by atoms with Gasteiger partial charge in [-0.3, -0.25) is 19.3 Å². The first kappa shape index (κ1) is 20.9. The Labute approximate surface area is 191 Å². The first-order valence-electron chi connectivity index (χ1n) is 10.9. The van der Waals surface area contributed by atoms with E-state index >= 15 is 0 Å². The van der Waals surface area contributed by atoms with Gasteiger partial charge in [0.1, 0.15) is 5.54 Å². The maximum absolute atomic E-state index is 13.3. The number of carbonyl (C=O) groups is 4. The number of carbonyl (C=O) groups excluding carboxylic acids is 4. The van der Waals surface area contributed by atoms with Crippen LogP contribution < -0.4 is 10.2 Å². The van der Waals surface area contributed by atoms with Crippen LogP contribution in [-0.4, -0.2) is 41.6 Å². The molecular weight excluding hydrogens is 418 g/mol. The van der Waals surface area contributed by atoms with Crippen molar-refractivity contribution in [1.82, 2.24) is 10.2 Å². The highest BCUT2D eigenvalue weighted by Gasteiger charge is 2.49. The van der Waals surface area contributed by atoms with Crippen molar-refractivity contribution in [3.8, 4) is 0 Å². The molecule has 0 unspecified atom stereocenters. The molecule has 0 radical (unpaired) electrons. The standard InChI is InChI=1S/C26H23N3O4/c1-26(20-11-8-17-5-2-3-6-19(17)15-20)24(32)29(25(33)27-26)16-22(30)18-9-12-21(13-10-18)28-14-4-7-23(28)31/h2-3,5-6,8-13,15H,4,7,14,16H2,1H3,(H,27,33)/t26-/m0/s1. The maximum Gasteiger partial charge on any atom is 0.325 e. The number of hydrogen-bond donors (Lipinski definition) is 1. The lowest BCUT2D eigenvalue weighted by Gasteiger charge is -2.22. The summed E-state index contributed by atoms with van der Waals surface area (Å²) in [4.78, 5) is 53.4. The van der Waals surface area contributed by atoms with Gasteiger partial charge in [-0.1, -0.05) is 36.4 Å². The highest BCUT2D eigenvalue weighted by atomic mass is 16.2. The molecule has 4 amide bonds. The van der Waals surface area contributed by atoms with E-state index in [0.717, 1.165) is 27.8 Å². The summed E-state index contributed by atoms with van der Waals surface area (Å²) in [6, 6.07) is 19.5. The van der Waals surface area contributed by atoms with Crippen LogP contribution in [0.15, 0.2) is 66.7 Å². The number of urea groups is 1. The Morgan fingerprint density at radius 2 is 1.70 bits per heavy atom. The van der Waals surface area contributed by atoms with E-state index in [9.17, 15) is 19.2 Å². The molecule has 33 heavy (non-hydrogen) atoms. The fourth-order valence-electron chi connectivity index (χ4n) is 4.52. The fourth-order valence-corrected chi connectivity index (χ4v) is 4.52.